The van der Waals surface area contributed by atoms with Gasteiger partial charge in [-0.05, 0) is 34.7 Å². The van der Waals surface area contributed by atoms with Gasteiger partial charge in [-0.3, -0.25) is 0 Å². The third-order valence-corrected chi connectivity index (χ3v) is 3.89. The number of hydrogen-bond acceptors (Lipinski definition) is 2. The van der Waals surface area contributed by atoms with E-state index in [1.54, 1.807) is 0 Å². The van der Waals surface area contributed by atoms with Crippen molar-refractivity contribution < 1.29 is 0 Å². The molecular formula is C10H16BrN3. The minimum absolute atomic E-state index is 0.689. The molecule has 1 N–H and O–H groups in total. The van der Waals surface area contributed by atoms with E-state index in [9.17, 15) is 0 Å². The number of halogens is 1. The van der Waals surface area contributed by atoms with Crippen LogP contribution >= 0.6 is 15.9 Å². The molecule has 1 aliphatic heterocycles. The van der Waals surface area contributed by atoms with E-state index >= 15 is 0 Å². The molecule has 78 valence electrons. The normalized spacial score (nSPS) is 20.8. The Labute approximate surface area is 93.0 Å². The first-order valence-electron chi connectivity index (χ1n) is 5.06. The Morgan fingerprint density at radius 2 is 2.29 bits per heavy atom. The second kappa shape index (κ2) is 3.57. The van der Waals surface area contributed by atoms with Crippen molar-refractivity contribution in [3.8, 4) is 0 Å². The predicted octanol–water partition coefficient (Wildman–Crippen LogP) is 2.65. The summed E-state index contributed by atoms with van der Waals surface area (Å²) in [6, 6.07) is 0. The van der Waals surface area contributed by atoms with Crippen LogP contribution < -0.4 is 5.32 Å². The summed E-state index contributed by atoms with van der Waals surface area (Å²) >= 11 is 3.55. The smallest absolute Gasteiger partial charge is 0.138 e. The third kappa shape index (κ3) is 1.56. The second-order valence-corrected chi connectivity index (χ2v) is 5.11. The number of nitrogens with one attached hydrogen (secondary N) is 1. The van der Waals surface area contributed by atoms with Gasteiger partial charge in [0.25, 0.3) is 0 Å². The van der Waals surface area contributed by atoms with Crippen LogP contribution in [-0.2, 0) is 6.54 Å². The van der Waals surface area contributed by atoms with Gasteiger partial charge in [0, 0.05) is 13.1 Å². The molecule has 0 saturated heterocycles. The lowest BCUT2D eigenvalue weighted by molar-refractivity contribution is 0.322. The zero-order valence-corrected chi connectivity index (χ0v) is 10.4. The van der Waals surface area contributed by atoms with E-state index in [1.165, 1.54) is 0 Å². The predicted molar refractivity (Wildman–Crippen MR) is 61.5 cm³/mol. The average molecular weight is 258 g/mol. The molecular weight excluding hydrogens is 242 g/mol. The number of nitrogens with zero attached hydrogens (tertiary/aromatic N) is 2. The maximum atomic E-state index is 4.49. The maximum Gasteiger partial charge on any atom is 0.138 e. The molecule has 0 aliphatic carbocycles. The van der Waals surface area contributed by atoms with Crippen LogP contribution in [0.5, 0.6) is 0 Å². The van der Waals surface area contributed by atoms with Crippen LogP contribution in [0.4, 0.5) is 5.82 Å². The van der Waals surface area contributed by atoms with Crippen LogP contribution in [0.25, 0.3) is 0 Å². The molecule has 1 unspecified atom stereocenters. The van der Waals surface area contributed by atoms with Gasteiger partial charge in [-0.1, -0.05) is 13.8 Å². The van der Waals surface area contributed by atoms with Crippen LogP contribution in [0.1, 0.15) is 19.5 Å². The first-order chi connectivity index (χ1) is 6.59. The number of hydrogen-bond donors (Lipinski definition) is 1. The van der Waals surface area contributed by atoms with Crippen LogP contribution in [0.15, 0.2) is 4.47 Å². The van der Waals surface area contributed by atoms with Crippen molar-refractivity contribution in [2.24, 2.45) is 11.8 Å². The highest BCUT2D eigenvalue weighted by molar-refractivity contribution is 9.10. The zero-order chi connectivity index (χ0) is 10.3. The highest BCUT2D eigenvalue weighted by Crippen LogP contribution is 2.31. The van der Waals surface area contributed by atoms with Gasteiger partial charge in [0.2, 0.25) is 0 Å². The van der Waals surface area contributed by atoms with E-state index in [4.69, 9.17) is 0 Å². The molecule has 4 heteroatoms. The molecule has 1 aliphatic rings. The number of aromatic nitrogens is 2. The maximum absolute atomic E-state index is 4.49. The SMILES string of the molecule is Cc1nn2c(c1Br)NCC(C(C)C)C2. The lowest BCUT2D eigenvalue weighted by Gasteiger charge is -2.27. The lowest BCUT2D eigenvalue weighted by Crippen LogP contribution is -2.31. The fraction of sp³-hybridized carbons (Fsp3) is 0.700. The Morgan fingerprint density at radius 1 is 1.57 bits per heavy atom. The summed E-state index contributed by atoms with van der Waals surface area (Å²) in [5.74, 6) is 2.53. The quantitative estimate of drug-likeness (QED) is 0.839. The van der Waals surface area contributed by atoms with E-state index < -0.39 is 0 Å². The van der Waals surface area contributed by atoms with Crippen molar-refractivity contribution in [2.45, 2.75) is 27.3 Å². The van der Waals surface area contributed by atoms with Crippen molar-refractivity contribution in [1.29, 1.82) is 0 Å². The van der Waals surface area contributed by atoms with E-state index in [2.05, 4.69) is 44.9 Å². The first-order valence-corrected chi connectivity index (χ1v) is 5.85. The topological polar surface area (TPSA) is 29.9 Å². The molecule has 1 aromatic heterocycles. The van der Waals surface area contributed by atoms with E-state index in [0.29, 0.717) is 11.8 Å². The van der Waals surface area contributed by atoms with Gasteiger partial charge in [0.15, 0.2) is 0 Å². The summed E-state index contributed by atoms with van der Waals surface area (Å²) in [6.07, 6.45) is 0. The monoisotopic (exact) mass is 257 g/mol. The molecule has 0 spiro atoms. The molecule has 0 amide bonds. The molecule has 0 bridgehead atoms. The van der Waals surface area contributed by atoms with Gasteiger partial charge in [0.1, 0.15) is 5.82 Å². The summed E-state index contributed by atoms with van der Waals surface area (Å²) < 4.78 is 3.19. The summed E-state index contributed by atoms with van der Waals surface area (Å²) in [7, 11) is 0. The highest BCUT2D eigenvalue weighted by atomic mass is 79.9. The van der Waals surface area contributed by atoms with Gasteiger partial charge in [0.05, 0.1) is 10.2 Å². The largest absolute Gasteiger partial charge is 0.369 e. The van der Waals surface area contributed by atoms with Crippen LogP contribution in [0.3, 0.4) is 0 Å². The van der Waals surface area contributed by atoms with E-state index in [0.717, 1.165) is 29.1 Å². The Bertz CT molecular complexity index is 343. The van der Waals surface area contributed by atoms with Gasteiger partial charge < -0.3 is 5.32 Å². The van der Waals surface area contributed by atoms with E-state index in [1.807, 2.05) is 6.92 Å². The zero-order valence-electron chi connectivity index (χ0n) is 8.84. The van der Waals surface area contributed by atoms with Gasteiger partial charge in [-0.2, -0.15) is 5.10 Å². The number of aryl methyl sites for hydroxylation is 1. The molecule has 0 radical (unpaired) electrons. The van der Waals surface area contributed by atoms with Gasteiger partial charge >= 0.3 is 0 Å². The number of anilines is 1. The van der Waals surface area contributed by atoms with Crippen molar-refractivity contribution >= 4 is 21.7 Å². The summed E-state index contributed by atoms with van der Waals surface area (Å²) in [5, 5.41) is 7.93. The molecule has 3 nitrogen and oxygen atoms in total. The lowest BCUT2D eigenvalue weighted by atomic mass is 9.95. The fourth-order valence-corrected chi connectivity index (χ4v) is 2.25. The Balaban J connectivity index is 2.27. The van der Waals surface area contributed by atoms with Gasteiger partial charge in [-0.15, -0.1) is 0 Å². The molecule has 0 fully saturated rings. The van der Waals surface area contributed by atoms with E-state index in [-0.39, 0.29) is 0 Å². The van der Waals surface area contributed by atoms with Gasteiger partial charge in [-0.25, -0.2) is 4.68 Å². The minimum Gasteiger partial charge on any atom is -0.369 e. The van der Waals surface area contributed by atoms with Crippen LogP contribution in [0, 0.1) is 18.8 Å². The van der Waals surface area contributed by atoms with Crippen LogP contribution in [0.2, 0.25) is 0 Å². The summed E-state index contributed by atoms with van der Waals surface area (Å²) in [6.45, 7) is 8.65. The van der Waals surface area contributed by atoms with Crippen LogP contribution in [-0.4, -0.2) is 16.3 Å². The molecule has 14 heavy (non-hydrogen) atoms. The molecule has 2 rings (SSSR count). The molecule has 0 aromatic carbocycles. The Kier molecular flexibility index (Phi) is 2.56. The minimum atomic E-state index is 0.689. The Morgan fingerprint density at radius 3 is 2.93 bits per heavy atom. The standard InChI is InChI=1S/C10H16BrN3/c1-6(2)8-4-12-10-9(11)7(3)13-14(10)5-8/h6,8,12H,4-5H2,1-3H3. The van der Waals surface area contributed by atoms with Crippen molar-refractivity contribution in [2.75, 3.05) is 11.9 Å². The summed E-state index contributed by atoms with van der Waals surface area (Å²) in [4.78, 5) is 0. The second-order valence-electron chi connectivity index (χ2n) is 4.32. The molecule has 1 atom stereocenters. The Hall–Kier alpha value is -0.510. The molecule has 0 saturated carbocycles. The third-order valence-electron chi connectivity index (χ3n) is 2.94. The van der Waals surface area contributed by atoms with Crippen molar-refractivity contribution in [3.63, 3.8) is 0 Å². The van der Waals surface area contributed by atoms with Crippen molar-refractivity contribution in [1.82, 2.24) is 9.78 Å². The first kappa shape index (κ1) is 10.0. The number of fused-ring (bicyclic) bond motifs is 1. The molecule has 2 heterocycles. The average Bonchev–Trinajstić information content (AvgIpc) is 2.42. The highest BCUT2D eigenvalue weighted by Gasteiger charge is 2.24. The number of rotatable bonds is 1. The molecule has 1 aromatic rings. The van der Waals surface area contributed by atoms with Crippen molar-refractivity contribution in [3.05, 3.63) is 10.2 Å². The summed E-state index contributed by atoms with van der Waals surface area (Å²) in [5.41, 5.74) is 1.07. The fourth-order valence-electron chi connectivity index (χ4n) is 1.82.